The Morgan fingerprint density at radius 1 is 0.840 bits per heavy atom. The van der Waals surface area contributed by atoms with Crippen molar-refractivity contribution in [2.45, 2.75) is 17.5 Å². The molecule has 0 aliphatic carbocycles. The maximum atomic E-state index is 10.6. The summed E-state index contributed by atoms with van der Waals surface area (Å²) in [5, 5.41) is 13.8. The van der Waals surface area contributed by atoms with Gasteiger partial charge in [-0.25, -0.2) is 0 Å². The van der Waals surface area contributed by atoms with Crippen molar-refractivity contribution in [3.8, 4) is 0 Å². The molecule has 1 N–H and O–H groups in total. The van der Waals surface area contributed by atoms with E-state index in [1.165, 1.54) is 21.8 Å². The molecular weight excluding hydrogens is 350 g/mol. The Hall–Kier alpha value is -1.94. The van der Waals surface area contributed by atoms with Crippen LogP contribution in [0, 0.1) is 0 Å². The van der Waals surface area contributed by atoms with Gasteiger partial charge >= 0.3 is 0 Å². The van der Waals surface area contributed by atoms with Crippen LogP contribution in [0.2, 0.25) is 5.02 Å². The maximum Gasteiger partial charge on any atom is 0.0813 e. The minimum absolute atomic E-state index is 0.431. The van der Waals surface area contributed by atoms with Gasteiger partial charge in [-0.3, -0.25) is 0 Å². The molecule has 0 unspecified atom stereocenters. The van der Waals surface area contributed by atoms with Crippen molar-refractivity contribution in [2.24, 2.45) is 0 Å². The van der Waals surface area contributed by atoms with Crippen LogP contribution >= 0.6 is 23.4 Å². The van der Waals surface area contributed by atoms with Crippen LogP contribution in [-0.4, -0.2) is 21.5 Å². The lowest BCUT2D eigenvalue weighted by molar-refractivity contribution is 0.181. The average molecular weight is 368 g/mol. The smallest absolute Gasteiger partial charge is 0.0813 e. The topological polar surface area (TPSA) is 25.2 Å². The number of aliphatic hydroxyl groups excluding tert-OH is 1. The molecule has 0 aliphatic rings. The van der Waals surface area contributed by atoms with E-state index in [0.29, 0.717) is 12.3 Å². The lowest BCUT2D eigenvalue weighted by Crippen LogP contribution is -2.18. The van der Waals surface area contributed by atoms with E-state index in [0.717, 1.165) is 9.92 Å². The zero-order chi connectivity index (χ0) is 17.2. The molecule has 1 heterocycles. The summed E-state index contributed by atoms with van der Waals surface area (Å²) in [6.07, 6.45) is -0.431. The Bertz CT molecular complexity index is 956. The molecule has 0 saturated carbocycles. The van der Waals surface area contributed by atoms with Gasteiger partial charge in [0, 0.05) is 44.0 Å². The van der Waals surface area contributed by atoms with Gasteiger partial charge in [0.1, 0.15) is 0 Å². The van der Waals surface area contributed by atoms with Gasteiger partial charge in [0.25, 0.3) is 0 Å². The minimum Gasteiger partial charge on any atom is -0.390 e. The molecule has 0 aliphatic heterocycles. The molecule has 0 fully saturated rings. The number of para-hydroxylation sites is 2. The van der Waals surface area contributed by atoms with Gasteiger partial charge in [0.15, 0.2) is 0 Å². The van der Waals surface area contributed by atoms with Crippen molar-refractivity contribution in [2.75, 3.05) is 5.75 Å². The van der Waals surface area contributed by atoms with Crippen LogP contribution in [0.15, 0.2) is 77.7 Å². The molecule has 1 atom stereocenters. The summed E-state index contributed by atoms with van der Waals surface area (Å²) in [5.74, 6) is 0.641. The zero-order valence-electron chi connectivity index (χ0n) is 13.6. The summed E-state index contributed by atoms with van der Waals surface area (Å²) < 4.78 is 2.22. The highest BCUT2D eigenvalue weighted by atomic mass is 35.5. The average Bonchev–Trinajstić information content (AvgIpc) is 2.96. The predicted octanol–water partition coefficient (Wildman–Crippen LogP) is 5.60. The van der Waals surface area contributed by atoms with Gasteiger partial charge in [0.05, 0.1) is 6.10 Å². The number of aliphatic hydroxyl groups is 1. The molecule has 0 saturated heterocycles. The van der Waals surface area contributed by atoms with Gasteiger partial charge in [-0.1, -0.05) is 48.0 Å². The van der Waals surface area contributed by atoms with Gasteiger partial charge < -0.3 is 9.67 Å². The summed E-state index contributed by atoms with van der Waals surface area (Å²) in [6.45, 7) is 0.578. The fourth-order valence-electron chi connectivity index (χ4n) is 3.19. The van der Waals surface area contributed by atoms with Crippen molar-refractivity contribution < 1.29 is 5.11 Å². The lowest BCUT2D eigenvalue weighted by atomic mass is 10.2. The van der Waals surface area contributed by atoms with E-state index in [-0.39, 0.29) is 0 Å². The van der Waals surface area contributed by atoms with Crippen LogP contribution < -0.4 is 0 Å². The molecule has 4 heteroatoms. The monoisotopic (exact) mass is 367 g/mol. The Morgan fingerprint density at radius 3 is 2.00 bits per heavy atom. The summed E-state index contributed by atoms with van der Waals surface area (Å²) in [4.78, 5) is 1.12. The van der Waals surface area contributed by atoms with Gasteiger partial charge in [-0.2, -0.15) is 0 Å². The van der Waals surface area contributed by atoms with Crippen molar-refractivity contribution in [3.05, 3.63) is 77.8 Å². The predicted molar refractivity (Wildman–Crippen MR) is 108 cm³/mol. The van der Waals surface area contributed by atoms with Gasteiger partial charge in [-0.05, 0) is 36.4 Å². The SMILES string of the molecule is O[C@@H](CSc1ccc(Cl)cc1)Cn1c2ccccc2c2ccccc21. The number of fused-ring (bicyclic) bond motifs is 3. The third kappa shape index (κ3) is 3.40. The fraction of sp³-hybridized carbons (Fsp3) is 0.143. The first kappa shape index (κ1) is 16.5. The molecule has 1 aromatic heterocycles. The number of aromatic nitrogens is 1. The third-order valence-corrected chi connectivity index (χ3v) is 5.74. The van der Waals surface area contributed by atoms with Crippen molar-refractivity contribution in [1.82, 2.24) is 4.57 Å². The lowest BCUT2D eigenvalue weighted by Gasteiger charge is -2.14. The highest BCUT2D eigenvalue weighted by molar-refractivity contribution is 7.99. The van der Waals surface area contributed by atoms with Gasteiger partial charge in [0.2, 0.25) is 0 Å². The number of thioether (sulfide) groups is 1. The molecule has 0 amide bonds. The number of halogens is 1. The van der Waals surface area contributed by atoms with Gasteiger partial charge in [-0.15, -0.1) is 11.8 Å². The number of hydrogen-bond acceptors (Lipinski definition) is 2. The normalized spacial score (nSPS) is 12.7. The standard InChI is InChI=1S/C21H18ClNOS/c22-15-9-11-17(12-10-15)25-14-16(24)13-23-20-7-3-1-5-18(20)19-6-2-4-8-21(19)23/h1-12,16,24H,13-14H2/t16-/m1/s1. The van der Waals surface area contributed by atoms with E-state index in [1.807, 2.05) is 36.4 Å². The Morgan fingerprint density at radius 2 is 1.40 bits per heavy atom. The van der Waals surface area contributed by atoms with E-state index in [1.54, 1.807) is 11.8 Å². The molecule has 0 bridgehead atoms. The minimum atomic E-state index is -0.431. The van der Waals surface area contributed by atoms with Crippen molar-refractivity contribution in [1.29, 1.82) is 0 Å². The maximum absolute atomic E-state index is 10.6. The van der Waals surface area contributed by atoms with E-state index >= 15 is 0 Å². The molecule has 126 valence electrons. The Balaban J connectivity index is 1.58. The summed E-state index contributed by atoms with van der Waals surface area (Å²) in [6, 6.07) is 24.5. The number of nitrogens with zero attached hydrogens (tertiary/aromatic N) is 1. The molecule has 3 aromatic carbocycles. The van der Waals surface area contributed by atoms with Crippen LogP contribution in [0.5, 0.6) is 0 Å². The van der Waals surface area contributed by atoms with E-state index in [4.69, 9.17) is 11.6 Å². The van der Waals surface area contributed by atoms with E-state index in [2.05, 4.69) is 41.0 Å². The highest BCUT2D eigenvalue weighted by Gasteiger charge is 2.13. The van der Waals surface area contributed by atoms with Crippen LogP contribution in [0.3, 0.4) is 0 Å². The van der Waals surface area contributed by atoms with Crippen LogP contribution in [0.4, 0.5) is 0 Å². The van der Waals surface area contributed by atoms with E-state index < -0.39 is 6.10 Å². The zero-order valence-corrected chi connectivity index (χ0v) is 15.2. The molecule has 25 heavy (non-hydrogen) atoms. The van der Waals surface area contributed by atoms with Crippen LogP contribution in [-0.2, 0) is 6.54 Å². The molecular formula is C21H18ClNOS. The Kier molecular flexibility index (Phi) is 4.71. The van der Waals surface area contributed by atoms with Crippen molar-refractivity contribution in [3.63, 3.8) is 0 Å². The second kappa shape index (κ2) is 7.12. The molecule has 0 radical (unpaired) electrons. The van der Waals surface area contributed by atoms with E-state index in [9.17, 15) is 5.11 Å². The molecule has 2 nitrogen and oxygen atoms in total. The van der Waals surface area contributed by atoms with Crippen molar-refractivity contribution >= 4 is 45.2 Å². The number of hydrogen-bond donors (Lipinski definition) is 1. The largest absolute Gasteiger partial charge is 0.390 e. The molecule has 0 spiro atoms. The second-order valence-electron chi connectivity index (χ2n) is 6.06. The van der Waals surface area contributed by atoms with Crippen LogP contribution in [0.1, 0.15) is 0 Å². The number of rotatable bonds is 5. The quantitative estimate of drug-likeness (QED) is 0.464. The first-order valence-corrected chi connectivity index (χ1v) is 9.61. The molecule has 4 aromatic rings. The fourth-order valence-corrected chi connectivity index (χ4v) is 4.13. The number of benzene rings is 3. The summed E-state index contributed by atoms with van der Waals surface area (Å²) in [7, 11) is 0. The van der Waals surface area contributed by atoms with Crippen LogP contribution in [0.25, 0.3) is 21.8 Å². The molecule has 4 rings (SSSR count). The Labute approximate surface area is 156 Å². The third-order valence-electron chi connectivity index (χ3n) is 4.33. The second-order valence-corrected chi connectivity index (χ2v) is 7.59. The summed E-state index contributed by atoms with van der Waals surface area (Å²) in [5.41, 5.74) is 2.33. The first-order chi connectivity index (χ1) is 12.2. The summed E-state index contributed by atoms with van der Waals surface area (Å²) >= 11 is 7.57. The first-order valence-electron chi connectivity index (χ1n) is 8.25. The highest BCUT2D eigenvalue weighted by Crippen LogP contribution is 2.29.